The minimum absolute atomic E-state index is 0.0562. The van der Waals surface area contributed by atoms with Crippen LogP contribution in [0.4, 0.5) is 4.79 Å². The highest BCUT2D eigenvalue weighted by molar-refractivity contribution is 7.13. The van der Waals surface area contributed by atoms with Gasteiger partial charge in [0.2, 0.25) is 17.7 Å². The Balaban J connectivity index is 1.50. The smallest absolute Gasteiger partial charge is 0.404 e. The molecule has 0 aliphatic carbocycles. The minimum Gasteiger partial charge on any atom is -0.465 e. The fourth-order valence-electron chi connectivity index (χ4n) is 4.96. The van der Waals surface area contributed by atoms with Gasteiger partial charge in [0.05, 0.1) is 27.6 Å². The second-order valence-electron chi connectivity index (χ2n) is 11.5. The van der Waals surface area contributed by atoms with Gasteiger partial charge in [0.25, 0.3) is 0 Å². The van der Waals surface area contributed by atoms with Crippen LogP contribution in [0.5, 0.6) is 0 Å². The Labute approximate surface area is 251 Å². The first kappa shape index (κ1) is 33.0. The molecule has 42 heavy (non-hydrogen) atoms. The van der Waals surface area contributed by atoms with Gasteiger partial charge in [-0.1, -0.05) is 37.1 Å². The zero-order chi connectivity index (χ0) is 30.9. The van der Waals surface area contributed by atoms with E-state index >= 15 is 0 Å². The molecule has 0 saturated carbocycles. The summed E-state index contributed by atoms with van der Waals surface area (Å²) in [5.41, 5.74) is 3.76. The molecule has 0 spiro atoms. The first-order valence-electron chi connectivity index (χ1n) is 14.4. The van der Waals surface area contributed by atoms with Gasteiger partial charge in [0.1, 0.15) is 6.04 Å². The predicted molar refractivity (Wildman–Crippen MR) is 161 cm³/mol. The van der Waals surface area contributed by atoms with Gasteiger partial charge < -0.3 is 31.1 Å². The van der Waals surface area contributed by atoms with Crippen molar-refractivity contribution in [3.05, 3.63) is 41.0 Å². The van der Waals surface area contributed by atoms with E-state index in [1.807, 2.05) is 36.7 Å². The summed E-state index contributed by atoms with van der Waals surface area (Å²) in [5.74, 6) is -0.796. The number of amides is 4. The van der Waals surface area contributed by atoms with Crippen molar-refractivity contribution in [2.75, 3.05) is 13.1 Å². The molecule has 5 N–H and O–H groups in total. The van der Waals surface area contributed by atoms with E-state index in [0.717, 1.165) is 34.5 Å². The number of nitrogens with zero attached hydrogens (tertiary/aromatic N) is 2. The Morgan fingerprint density at radius 2 is 1.79 bits per heavy atom. The van der Waals surface area contributed by atoms with Crippen molar-refractivity contribution in [2.24, 2.45) is 5.41 Å². The summed E-state index contributed by atoms with van der Waals surface area (Å²) in [7, 11) is 0. The maximum atomic E-state index is 13.6. The van der Waals surface area contributed by atoms with Crippen LogP contribution in [0.1, 0.15) is 70.6 Å². The number of carbonyl (C=O) groups excluding carboxylic acids is 3. The van der Waals surface area contributed by atoms with Gasteiger partial charge in [-0.3, -0.25) is 14.4 Å². The third kappa shape index (κ3) is 8.99. The molecule has 2 aromatic rings. The van der Waals surface area contributed by atoms with E-state index in [1.165, 1.54) is 4.90 Å². The van der Waals surface area contributed by atoms with E-state index in [0.29, 0.717) is 32.4 Å². The average Bonchev–Trinajstić information content (AvgIpc) is 3.55. The van der Waals surface area contributed by atoms with Crippen LogP contribution in [0.15, 0.2) is 29.8 Å². The third-order valence-corrected chi connectivity index (χ3v) is 8.87. The lowest BCUT2D eigenvalue weighted by Gasteiger charge is -2.36. The van der Waals surface area contributed by atoms with Crippen molar-refractivity contribution in [1.29, 1.82) is 0 Å². The van der Waals surface area contributed by atoms with Crippen molar-refractivity contribution in [3.8, 4) is 10.4 Å². The molecule has 1 aromatic heterocycles. The van der Waals surface area contributed by atoms with Crippen molar-refractivity contribution in [3.63, 3.8) is 0 Å². The van der Waals surface area contributed by atoms with Crippen LogP contribution in [0.2, 0.25) is 0 Å². The Morgan fingerprint density at radius 3 is 2.43 bits per heavy atom. The number of aliphatic hydroxyl groups excluding tert-OH is 1. The number of likely N-dealkylation sites (tertiary alicyclic amines) is 1. The highest BCUT2D eigenvalue weighted by Gasteiger charge is 2.46. The monoisotopic (exact) mass is 601 g/mol. The highest BCUT2D eigenvalue weighted by atomic mass is 32.1. The SMILES string of the molecule is Cc1ncsc1-c1ccc(CNC(=O)[C@@H]2C[C@@H](O)CN2C(=O)C(C)(C)[C@H](C)NC(=O)CCCCCCNC(=O)O)cc1. The maximum absolute atomic E-state index is 13.6. The van der Waals surface area contributed by atoms with Gasteiger partial charge in [-0.05, 0) is 51.7 Å². The number of hydrogen-bond donors (Lipinski definition) is 5. The molecule has 12 heteroatoms. The molecule has 4 amide bonds. The number of thiazole rings is 1. The number of benzene rings is 1. The van der Waals surface area contributed by atoms with Crippen molar-refractivity contribution in [1.82, 2.24) is 25.8 Å². The van der Waals surface area contributed by atoms with Crippen LogP contribution in [-0.2, 0) is 20.9 Å². The fourth-order valence-corrected chi connectivity index (χ4v) is 5.77. The van der Waals surface area contributed by atoms with Crippen molar-refractivity contribution < 1.29 is 29.4 Å². The zero-order valence-corrected chi connectivity index (χ0v) is 25.6. The number of aliphatic hydroxyl groups is 1. The van der Waals surface area contributed by atoms with E-state index in [2.05, 4.69) is 20.9 Å². The molecular formula is C30H43N5O6S. The molecule has 11 nitrogen and oxygen atoms in total. The second kappa shape index (κ2) is 15.1. The average molecular weight is 602 g/mol. The molecule has 1 aromatic carbocycles. The standard InChI is InChI=1S/C30H43N5O6S/c1-19-26(42-18-33-19)22-12-10-21(11-13-22)16-32-27(38)24-15-23(36)17-35(24)28(39)30(3,4)20(2)34-25(37)9-7-5-6-8-14-31-29(40)41/h10-13,18,20,23-24,31,36H,5-9,14-17H2,1-4H3,(H,32,38)(H,34,37)(H,40,41)/t20-,23+,24-/m0/s1. The van der Waals surface area contributed by atoms with Gasteiger partial charge in [0, 0.05) is 38.5 Å². The number of aryl methyl sites for hydroxylation is 1. The Morgan fingerprint density at radius 1 is 1.10 bits per heavy atom. The normalized spacial score (nSPS) is 17.5. The van der Waals surface area contributed by atoms with Gasteiger partial charge in [-0.2, -0.15) is 0 Å². The summed E-state index contributed by atoms with van der Waals surface area (Å²) in [6.45, 7) is 7.95. The molecule has 3 atom stereocenters. The number of aromatic nitrogens is 1. The second-order valence-corrected chi connectivity index (χ2v) is 12.3. The van der Waals surface area contributed by atoms with E-state index in [4.69, 9.17) is 5.11 Å². The highest BCUT2D eigenvalue weighted by Crippen LogP contribution is 2.30. The lowest BCUT2D eigenvalue weighted by atomic mass is 9.83. The van der Waals surface area contributed by atoms with Crippen LogP contribution < -0.4 is 16.0 Å². The number of β-amino-alcohol motifs (C(OH)–C–C–N with tert-alkyl or cyclic N) is 1. The summed E-state index contributed by atoms with van der Waals surface area (Å²) in [6.07, 6.45) is 1.59. The molecule has 0 unspecified atom stereocenters. The molecule has 1 saturated heterocycles. The summed E-state index contributed by atoms with van der Waals surface area (Å²) in [5, 5.41) is 27.1. The predicted octanol–water partition coefficient (Wildman–Crippen LogP) is 3.45. The summed E-state index contributed by atoms with van der Waals surface area (Å²) in [4.78, 5) is 56.6. The van der Waals surface area contributed by atoms with Crippen LogP contribution in [0.3, 0.4) is 0 Å². The molecule has 0 radical (unpaired) electrons. The number of carboxylic acid groups (broad SMARTS) is 1. The molecule has 1 fully saturated rings. The first-order chi connectivity index (χ1) is 19.9. The lowest BCUT2D eigenvalue weighted by Crippen LogP contribution is -2.55. The Hall–Kier alpha value is -3.51. The summed E-state index contributed by atoms with van der Waals surface area (Å²) < 4.78 is 0. The van der Waals surface area contributed by atoms with Crippen LogP contribution in [0.25, 0.3) is 10.4 Å². The molecule has 3 rings (SSSR count). The van der Waals surface area contributed by atoms with E-state index in [-0.39, 0.29) is 30.7 Å². The molecule has 230 valence electrons. The van der Waals surface area contributed by atoms with Crippen molar-refractivity contribution >= 4 is 35.2 Å². The zero-order valence-electron chi connectivity index (χ0n) is 24.8. The van der Waals surface area contributed by atoms with E-state index < -0.39 is 29.7 Å². The number of rotatable bonds is 14. The molecule has 1 aliphatic rings. The number of nitrogens with one attached hydrogen (secondary N) is 3. The van der Waals surface area contributed by atoms with E-state index in [1.54, 1.807) is 32.1 Å². The van der Waals surface area contributed by atoms with Gasteiger partial charge in [-0.15, -0.1) is 11.3 Å². The minimum atomic E-state index is -1.04. The number of hydrogen-bond acceptors (Lipinski definition) is 7. The molecule has 2 heterocycles. The lowest BCUT2D eigenvalue weighted by molar-refractivity contribution is -0.147. The topological polar surface area (TPSA) is 161 Å². The van der Waals surface area contributed by atoms with Crippen LogP contribution in [0, 0.1) is 12.3 Å². The third-order valence-electron chi connectivity index (χ3n) is 7.89. The Bertz CT molecular complexity index is 1230. The van der Waals surface area contributed by atoms with Gasteiger partial charge >= 0.3 is 6.09 Å². The molecule has 1 aliphatic heterocycles. The van der Waals surface area contributed by atoms with Crippen LogP contribution in [-0.4, -0.2) is 75.2 Å². The molecular weight excluding hydrogens is 558 g/mol. The Kier molecular flexibility index (Phi) is 11.9. The quantitative estimate of drug-likeness (QED) is 0.207. The van der Waals surface area contributed by atoms with Crippen LogP contribution >= 0.6 is 11.3 Å². The largest absolute Gasteiger partial charge is 0.465 e. The number of unbranched alkanes of at least 4 members (excludes halogenated alkanes) is 3. The number of carbonyl (C=O) groups is 4. The maximum Gasteiger partial charge on any atom is 0.404 e. The van der Waals surface area contributed by atoms with E-state index in [9.17, 15) is 24.3 Å². The first-order valence-corrected chi connectivity index (χ1v) is 15.3. The molecule has 0 bridgehead atoms. The summed E-state index contributed by atoms with van der Waals surface area (Å²) in [6, 6.07) is 6.59. The van der Waals surface area contributed by atoms with Gasteiger partial charge in [0.15, 0.2) is 0 Å². The fraction of sp³-hybridized carbons (Fsp3) is 0.567. The van der Waals surface area contributed by atoms with Crippen molar-refractivity contribution in [2.45, 2.75) is 91.0 Å². The van der Waals surface area contributed by atoms with Gasteiger partial charge in [-0.25, -0.2) is 9.78 Å². The summed E-state index contributed by atoms with van der Waals surface area (Å²) >= 11 is 1.58.